The summed E-state index contributed by atoms with van der Waals surface area (Å²) in [5.41, 5.74) is 0. The highest BCUT2D eigenvalue weighted by atomic mass is 28.4. The second-order valence-corrected chi connectivity index (χ2v) is 6.19. The zero-order valence-corrected chi connectivity index (χ0v) is 13.5. The minimum Gasteiger partial charge on any atom is -0.463 e. The van der Waals surface area contributed by atoms with Crippen molar-refractivity contribution in [1.82, 2.24) is 0 Å². The normalized spacial score (nSPS) is 10.4. The summed E-state index contributed by atoms with van der Waals surface area (Å²) in [5.74, 6) is -0.411. The van der Waals surface area contributed by atoms with Gasteiger partial charge in [0.2, 0.25) is 0 Å². The molecule has 120 valence electrons. The average molecular weight is 310 g/mol. The van der Waals surface area contributed by atoms with Crippen LogP contribution in [0.3, 0.4) is 0 Å². The first-order valence-corrected chi connectivity index (χ1v) is 8.48. The van der Waals surface area contributed by atoms with Crippen LogP contribution in [0.15, 0.2) is 12.7 Å². The number of hydrogen-bond donors (Lipinski definition) is 2. The summed E-state index contributed by atoms with van der Waals surface area (Å²) >= 11 is 0. The van der Waals surface area contributed by atoms with E-state index in [-0.39, 0.29) is 0 Å². The van der Waals surface area contributed by atoms with Crippen molar-refractivity contribution in [1.29, 1.82) is 0 Å². The minimum absolute atomic E-state index is 0.326. The van der Waals surface area contributed by atoms with E-state index < -0.39 is 14.8 Å². The summed E-state index contributed by atoms with van der Waals surface area (Å²) in [6.07, 6.45) is 1.81. The van der Waals surface area contributed by atoms with Crippen LogP contribution < -0.4 is 0 Å². The van der Waals surface area contributed by atoms with Crippen LogP contribution in [0.1, 0.15) is 27.2 Å². The van der Waals surface area contributed by atoms with Crippen molar-refractivity contribution in [3.63, 3.8) is 0 Å². The molecule has 0 saturated carbocycles. The average Bonchev–Trinajstić information content (AvgIpc) is 2.46. The predicted molar refractivity (Wildman–Crippen MR) is 76.5 cm³/mol. The van der Waals surface area contributed by atoms with Crippen molar-refractivity contribution in [2.24, 2.45) is 0 Å². The molecule has 8 heteroatoms. The Morgan fingerprint density at radius 3 is 1.90 bits per heavy atom. The van der Waals surface area contributed by atoms with Crippen LogP contribution >= 0.6 is 0 Å². The van der Waals surface area contributed by atoms with E-state index >= 15 is 0 Å². The van der Waals surface area contributed by atoms with E-state index in [4.69, 9.17) is 28.5 Å². The fourth-order valence-electron chi connectivity index (χ4n) is 1.52. The molecule has 2 N–H and O–H groups in total. The maximum absolute atomic E-state index is 10.9. The van der Waals surface area contributed by atoms with Crippen LogP contribution in [0.25, 0.3) is 0 Å². The van der Waals surface area contributed by atoms with E-state index in [0.717, 1.165) is 6.08 Å². The molecule has 0 aliphatic heterocycles. The molecule has 0 fully saturated rings. The Kier molecular flexibility index (Phi) is 15.7. The van der Waals surface area contributed by atoms with Gasteiger partial charge in [0, 0.05) is 31.9 Å². The molecule has 7 nitrogen and oxygen atoms in total. The Balaban J connectivity index is 0. The number of carbonyl (C=O) groups is 1. The van der Waals surface area contributed by atoms with Crippen molar-refractivity contribution in [3.05, 3.63) is 12.7 Å². The summed E-state index contributed by atoms with van der Waals surface area (Å²) in [6, 6.07) is 0.646. The predicted octanol–water partition coefficient (Wildman–Crippen LogP) is 2.17. The van der Waals surface area contributed by atoms with Gasteiger partial charge in [0.25, 0.3) is 0 Å². The molecular formula is C12H26O7Si. The van der Waals surface area contributed by atoms with Crippen LogP contribution in [0.2, 0.25) is 6.04 Å². The van der Waals surface area contributed by atoms with Crippen LogP contribution in [-0.4, -0.2) is 51.7 Å². The fourth-order valence-corrected chi connectivity index (χ4v) is 4.10. The Morgan fingerprint density at radius 2 is 1.55 bits per heavy atom. The molecule has 0 saturated heterocycles. The third-order valence-electron chi connectivity index (χ3n) is 2.13. The van der Waals surface area contributed by atoms with Crippen LogP contribution in [0, 0.1) is 0 Å². The molecule has 0 aliphatic rings. The third-order valence-corrected chi connectivity index (χ3v) is 5.28. The van der Waals surface area contributed by atoms with Crippen LogP contribution in [0.4, 0.5) is 0 Å². The van der Waals surface area contributed by atoms with Gasteiger partial charge in [0.15, 0.2) is 0 Å². The Morgan fingerprint density at radius 1 is 1.10 bits per heavy atom. The molecule has 0 amide bonds. The summed E-state index contributed by atoms with van der Waals surface area (Å²) in [4.78, 5) is 10.9. The standard InChI is InChI=1S/C12H24O5Si.H2O2/c1-5-12(13)14-10-9-11-18(15-6-2,16-7-3)17-8-4;1-2/h5H,1,6-11H2,2-4H3;1-2H. The summed E-state index contributed by atoms with van der Waals surface area (Å²) in [5, 5.41) is 12.0. The molecule has 0 aromatic carbocycles. The molecule has 0 atom stereocenters. The molecule has 0 heterocycles. The first-order chi connectivity index (χ1) is 9.64. The smallest absolute Gasteiger partial charge is 0.463 e. The quantitative estimate of drug-likeness (QED) is 0.151. The van der Waals surface area contributed by atoms with Gasteiger partial charge in [-0.25, -0.2) is 4.79 Å². The van der Waals surface area contributed by atoms with E-state index in [2.05, 4.69) is 6.58 Å². The van der Waals surface area contributed by atoms with E-state index in [1.807, 2.05) is 20.8 Å². The molecule has 20 heavy (non-hydrogen) atoms. The lowest BCUT2D eigenvalue weighted by molar-refractivity contribution is -0.176. The van der Waals surface area contributed by atoms with Gasteiger partial charge in [-0.15, -0.1) is 0 Å². The topological polar surface area (TPSA) is 94.5 Å². The van der Waals surface area contributed by atoms with E-state index in [1.54, 1.807) is 0 Å². The number of rotatable bonds is 11. The largest absolute Gasteiger partial charge is 0.501 e. The molecule has 0 spiro atoms. The van der Waals surface area contributed by atoms with Crippen molar-refractivity contribution in [3.8, 4) is 0 Å². The Bertz CT molecular complexity index is 231. The number of carbonyl (C=O) groups excluding carboxylic acids is 1. The molecular weight excluding hydrogens is 284 g/mol. The summed E-state index contributed by atoms with van der Waals surface area (Å²) in [6.45, 7) is 11.1. The van der Waals surface area contributed by atoms with Crippen molar-refractivity contribution in [2.75, 3.05) is 26.4 Å². The number of esters is 1. The molecule has 0 aromatic rings. The van der Waals surface area contributed by atoms with Crippen LogP contribution in [0.5, 0.6) is 0 Å². The highest BCUT2D eigenvalue weighted by Gasteiger charge is 2.39. The maximum atomic E-state index is 10.9. The van der Waals surface area contributed by atoms with Gasteiger partial charge in [-0.3, -0.25) is 10.5 Å². The first-order valence-electron chi connectivity index (χ1n) is 6.55. The van der Waals surface area contributed by atoms with E-state index in [0.29, 0.717) is 38.9 Å². The maximum Gasteiger partial charge on any atom is 0.501 e. The second kappa shape index (κ2) is 14.6. The Labute approximate surface area is 121 Å². The second-order valence-electron chi connectivity index (χ2n) is 3.46. The molecule has 0 bridgehead atoms. The Hall–Kier alpha value is -0.773. The van der Waals surface area contributed by atoms with Gasteiger partial charge in [0.1, 0.15) is 0 Å². The van der Waals surface area contributed by atoms with Crippen molar-refractivity contribution >= 4 is 14.8 Å². The highest BCUT2D eigenvalue weighted by Crippen LogP contribution is 2.18. The number of ether oxygens (including phenoxy) is 1. The van der Waals surface area contributed by atoms with Crippen molar-refractivity contribution < 1.29 is 33.3 Å². The van der Waals surface area contributed by atoms with Crippen molar-refractivity contribution in [2.45, 2.75) is 33.2 Å². The number of hydrogen-bond acceptors (Lipinski definition) is 7. The van der Waals surface area contributed by atoms with Gasteiger partial charge in [0.05, 0.1) is 6.61 Å². The lowest BCUT2D eigenvalue weighted by Gasteiger charge is -2.28. The molecule has 0 aromatic heterocycles. The van der Waals surface area contributed by atoms with Gasteiger partial charge in [-0.2, -0.15) is 0 Å². The lowest BCUT2D eigenvalue weighted by atomic mass is 10.5. The van der Waals surface area contributed by atoms with Gasteiger partial charge in [-0.1, -0.05) is 6.58 Å². The summed E-state index contributed by atoms with van der Waals surface area (Å²) in [7, 11) is -2.59. The lowest BCUT2D eigenvalue weighted by Crippen LogP contribution is -2.46. The molecule has 0 radical (unpaired) electrons. The monoisotopic (exact) mass is 310 g/mol. The van der Waals surface area contributed by atoms with Gasteiger partial charge in [-0.05, 0) is 27.2 Å². The minimum atomic E-state index is -2.59. The third kappa shape index (κ3) is 10.1. The fraction of sp³-hybridized carbons (Fsp3) is 0.750. The molecule has 0 unspecified atom stereocenters. The molecule has 0 rings (SSSR count). The summed E-state index contributed by atoms with van der Waals surface area (Å²) < 4.78 is 22.0. The first kappa shape index (κ1) is 21.5. The zero-order valence-electron chi connectivity index (χ0n) is 12.5. The highest BCUT2D eigenvalue weighted by molar-refractivity contribution is 6.60. The van der Waals surface area contributed by atoms with E-state index in [1.165, 1.54) is 0 Å². The van der Waals surface area contributed by atoms with Crippen LogP contribution in [-0.2, 0) is 22.8 Å². The van der Waals surface area contributed by atoms with Gasteiger partial charge < -0.3 is 18.0 Å². The SMILES string of the molecule is C=CC(=O)OCCC[Si](OCC)(OCC)OCC.OO. The van der Waals surface area contributed by atoms with Gasteiger partial charge >= 0.3 is 14.8 Å². The van der Waals surface area contributed by atoms with E-state index in [9.17, 15) is 4.79 Å². The zero-order chi connectivity index (χ0) is 15.9. The molecule has 0 aliphatic carbocycles.